The van der Waals surface area contributed by atoms with Gasteiger partial charge in [-0.25, -0.2) is 13.2 Å². The van der Waals surface area contributed by atoms with Gasteiger partial charge in [-0.3, -0.25) is 9.10 Å². The Kier molecular flexibility index (Phi) is 6.54. The number of fused-ring (bicyclic) bond motifs is 1. The molecule has 0 unspecified atom stereocenters. The Morgan fingerprint density at radius 1 is 1.21 bits per heavy atom. The lowest BCUT2D eigenvalue weighted by atomic mass is 10.2. The van der Waals surface area contributed by atoms with Gasteiger partial charge in [0.25, 0.3) is 15.9 Å². The third kappa shape index (κ3) is 4.46. The highest BCUT2D eigenvalue weighted by molar-refractivity contribution is 7.92. The minimum atomic E-state index is -3.94. The number of amides is 1. The van der Waals surface area contributed by atoms with Crippen molar-refractivity contribution in [3.8, 4) is 11.8 Å². The van der Waals surface area contributed by atoms with Crippen LogP contribution in [0.2, 0.25) is 0 Å². The van der Waals surface area contributed by atoms with Gasteiger partial charge in [0, 0.05) is 6.54 Å². The number of hydrogen-bond acceptors (Lipinski definition) is 8. The molecule has 34 heavy (non-hydrogen) atoms. The fourth-order valence-electron chi connectivity index (χ4n) is 3.56. The van der Waals surface area contributed by atoms with Gasteiger partial charge in [-0.15, -0.1) is 11.3 Å². The number of carbonyl (C=O) groups excluding carboxylic acids is 2. The number of nitriles is 1. The van der Waals surface area contributed by atoms with Crippen LogP contribution in [0.4, 0.5) is 10.7 Å². The Morgan fingerprint density at radius 2 is 2.00 bits per heavy atom. The van der Waals surface area contributed by atoms with E-state index < -0.39 is 28.5 Å². The van der Waals surface area contributed by atoms with Gasteiger partial charge in [-0.2, -0.15) is 5.26 Å². The van der Waals surface area contributed by atoms with Gasteiger partial charge in [-0.05, 0) is 47.7 Å². The maximum atomic E-state index is 13.3. The number of carbonyl (C=O) groups is 2. The molecule has 1 N–H and O–H groups in total. The maximum absolute atomic E-state index is 13.3. The summed E-state index contributed by atoms with van der Waals surface area (Å²) in [5.41, 5.74) is 1.70. The lowest BCUT2D eigenvalue weighted by molar-refractivity contribution is -0.119. The lowest BCUT2D eigenvalue weighted by Crippen LogP contribution is -2.29. The third-order valence-electron chi connectivity index (χ3n) is 5.20. The van der Waals surface area contributed by atoms with Crippen molar-refractivity contribution in [3.05, 3.63) is 70.6 Å². The number of rotatable bonds is 7. The average Bonchev–Trinajstić information content (AvgIpc) is 3.49. The molecule has 1 aliphatic heterocycles. The SMILES string of the molecule is COc1ccc(S(=O)(=O)N2CCc3ccccc32)cc1C(=O)OCC(=O)Nc1sccc1C#N. The van der Waals surface area contributed by atoms with Gasteiger partial charge in [-0.1, -0.05) is 18.2 Å². The normalized spacial score (nSPS) is 12.5. The molecular formula is C23H19N3O6S2. The smallest absolute Gasteiger partial charge is 0.342 e. The van der Waals surface area contributed by atoms with Crippen molar-refractivity contribution in [2.75, 3.05) is 29.9 Å². The van der Waals surface area contributed by atoms with E-state index in [2.05, 4.69) is 5.32 Å². The summed E-state index contributed by atoms with van der Waals surface area (Å²) in [5, 5.41) is 13.5. The molecule has 3 aromatic rings. The Morgan fingerprint density at radius 3 is 2.76 bits per heavy atom. The molecule has 0 fully saturated rings. The molecule has 0 atom stereocenters. The van der Waals surface area contributed by atoms with Crippen LogP contribution in [0.1, 0.15) is 21.5 Å². The zero-order chi connectivity index (χ0) is 24.3. The summed E-state index contributed by atoms with van der Waals surface area (Å²) >= 11 is 1.16. The van der Waals surface area contributed by atoms with Crippen molar-refractivity contribution in [2.24, 2.45) is 0 Å². The van der Waals surface area contributed by atoms with Gasteiger partial charge >= 0.3 is 5.97 Å². The van der Waals surface area contributed by atoms with Gasteiger partial charge in [0.2, 0.25) is 0 Å². The Balaban J connectivity index is 1.53. The molecule has 11 heteroatoms. The third-order valence-corrected chi connectivity index (χ3v) is 7.84. The molecule has 1 aliphatic rings. The number of sulfonamides is 1. The minimum absolute atomic E-state index is 0.0985. The molecule has 0 saturated carbocycles. The first-order chi connectivity index (χ1) is 16.3. The quantitative estimate of drug-likeness (QED) is 0.497. The predicted octanol–water partition coefficient (Wildman–Crippen LogP) is 3.18. The summed E-state index contributed by atoms with van der Waals surface area (Å²) in [6.07, 6.45) is 0.591. The second-order valence-corrected chi connectivity index (χ2v) is 10.00. The van der Waals surface area contributed by atoms with Gasteiger partial charge in [0.05, 0.1) is 23.3 Å². The lowest BCUT2D eigenvalue weighted by Gasteiger charge is -2.20. The molecule has 0 aliphatic carbocycles. The molecule has 0 radical (unpaired) electrons. The van der Waals surface area contributed by atoms with Crippen LogP contribution in [0.15, 0.2) is 58.8 Å². The first-order valence-electron chi connectivity index (χ1n) is 10.1. The van der Waals surface area contributed by atoms with Gasteiger partial charge in [0.1, 0.15) is 22.4 Å². The highest BCUT2D eigenvalue weighted by Gasteiger charge is 2.32. The van der Waals surface area contributed by atoms with E-state index in [9.17, 15) is 18.0 Å². The molecule has 0 spiro atoms. The monoisotopic (exact) mass is 497 g/mol. The van der Waals surface area contributed by atoms with Crippen LogP contribution in [-0.2, 0) is 26.0 Å². The maximum Gasteiger partial charge on any atom is 0.342 e. The molecule has 0 saturated heterocycles. The van der Waals surface area contributed by atoms with E-state index in [1.165, 1.54) is 29.6 Å². The van der Waals surface area contributed by atoms with Crippen LogP contribution in [-0.4, -0.2) is 40.6 Å². The topological polar surface area (TPSA) is 126 Å². The molecule has 4 rings (SSSR count). The summed E-state index contributed by atoms with van der Waals surface area (Å²) in [5.74, 6) is -1.45. The number of hydrogen-bond donors (Lipinski definition) is 1. The van der Waals surface area contributed by atoms with Gasteiger partial charge < -0.3 is 14.8 Å². The van der Waals surface area contributed by atoms with Crippen LogP contribution >= 0.6 is 11.3 Å². The molecule has 2 heterocycles. The van der Waals surface area contributed by atoms with Crippen molar-refractivity contribution in [2.45, 2.75) is 11.3 Å². The van der Waals surface area contributed by atoms with E-state index in [1.54, 1.807) is 23.6 Å². The highest BCUT2D eigenvalue weighted by atomic mass is 32.2. The van der Waals surface area contributed by atoms with E-state index in [0.29, 0.717) is 29.2 Å². The van der Waals surface area contributed by atoms with Crippen LogP contribution in [0, 0.1) is 11.3 Å². The molecule has 174 valence electrons. The van der Waals surface area contributed by atoms with Crippen molar-refractivity contribution in [3.63, 3.8) is 0 Å². The van der Waals surface area contributed by atoms with Crippen molar-refractivity contribution < 1.29 is 27.5 Å². The Bertz CT molecular complexity index is 1410. The largest absolute Gasteiger partial charge is 0.496 e. The standard InChI is InChI=1S/C23H19N3O6S2/c1-31-20-7-6-17(34(29,30)26-10-8-15-4-2-3-5-19(15)26)12-18(20)23(28)32-14-21(27)25-22-16(13-24)9-11-33-22/h2-7,9,11-12H,8,10,14H2,1H3,(H,25,27). The summed E-state index contributed by atoms with van der Waals surface area (Å²) in [4.78, 5) is 24.8. The zero-order valence-electron chi connectivity index (χ0n) is 18.0. The van der Waals surface area contributed by atoms with E-state index >= 15 is 0 Å². The van der Waals surface area contributed by atoms with Crippen LogP contribution in [0.25, 0.3) is 0 Å². The van der Waals surface area contributed by atoms with Gasteiger partial charge in [0.15, 0.2) is 6.61 Å². The number of nitrogens with one attached hydrogen (secondary N) is 1. The molecule has 9 nitrogen and oxygen atoms in total. The van der Waals surface area contributed by atoms with E-state index in [1.807, 2.05) is 18.2 Å². The average molecular weight is 498 g/mol. The van der Waals surface area contributed by atoms with Crippen LogP contribution in [0.3, 0.4) is 0 Å². The number of esters is 1. The first kappa shape index (κ1) is 23.3. The van der Waals surface area contributed by atoms with E-state index in [-0.39, 0.29) is 16.2 Å². The molecule has 0 bridgehead atoms. The number of benzene rings is 2. The Hall–Kier alpha value is -3.88. The van der Waals surface area contributed by atoms with Crippen LogP contribution < -0.4 is 14.4 Å². The van der Waals surface area contributed by atoms with E-state index in [0.717, 1.165) is 16.9 Å². The summed E-state index contributed by atoms with van der Waals surface area (Å²) in [6.45, 7) is -0.331. The minimum Gasteiger partial charge on any atom is -0.496 e. The summed E-state index contributed by atoms with van der Waals surface area (Å²) in [6, 6.07) is 14.7. The predicted molar refractivity (Wildman–Crippen MR) is 126 cm³/mol. The van der Waals surface area contributed by atoms with Crippen molar-refractivity contribution in [1.29, 1.82) is 5.26 Å². The van der Waals surface area contributed by atoms with Crippen LogP contribution in [0.5, 0.6) is 5.75 Å². The first-order valence-corrected chi connectivity index (χ1v) is 12.4. The molecular weight excluding hydrogens is 478 g/mol. The number of para-hydroxylation sites is 1. The zero-order valence-corrected chi connectivity index (χ0v) is 19.6. The van der Waals surface area contributed by atoms with E-state index in [4.69, 9.17) is 14.7 Å². The Labute approximate surface area is 200 Å². The molecule has 2 aromatic carbocycles. The number of anilines is 2. The number of ether oxygens (including phenoxy) is 2. The number of nitrogens with zero attached hydrogens (tertiary/aromatic N) is 2. The molecule has 1 amide bonds. The number of methoxy groups -OCH3 is 1. The van der Waals surface area contributed by atoms with Crippen molar-refractivity contribution in [1.82, 2.24) is 0 Å². The fourth-order valence-corrected chi connectivity index (χ4v) is 5.84. The fraction of sp³-hybridized carbons (Fsp3) is 0.174. The summed E-state index contributed by atoms with van der Waals surface area (Å²) in [7, 11) is -2.61. The van der Waals surface area contributed by atoms with Crippen molar-refractivity contribution >= 4 is 43.9 Å². The number of thiophene rings is 1. The molecule has 1 aromatic heterocycles. The highest BCUT2D eigenvalue weighted by Crippen LogP contribution is 2.34. The summed E-state index contributed by atoms with van der Waals surface area (Å²) < 4.78 is 38.2. The second kappa shape index (κ2) is 9.54. The second-order valence-electron chi connectivity index (χ2n) is 7.22.